The summed E-state index contributed by atoms with van der Waals surface area (Å²) in [6.07, 6.45) is -2.92. The maximum atomic E-state index is 12.8. The van der Waals surface area contributed by atoms with Crippen molar-refractivity contribution in [2.75, 3.05) is 6.61 Å². The van der Waals surface area contributed by atoms with Crippen molar-refractivity contribution in [3.8, 4) is 0 Å². The number of hydrogen-bond donors (Lipinski definition) is 0. The van der Waals surface area contributed by atoms with Crippen LogP contribution in [0, 0.1) is 0 Å². The number of nitrogens with zero attached hydrogens (tertiary/aromatic N) is 1. The van der Waals surface area contributed by atoms with Crippen LogP contribution in [0.2, 0.25) is 5.02 Å². The van der Waals surface area contributed by atoms with E-state index in [1.807, 2.05) is 0 Å². The Morgan fingerprint density at radius 1 is 1.59 bits per heavy atom. The van der Waals surface area contributed by atoms with Crippen molar-refractivity contribution in [3.63, 3.8) is 0 Å². The molecule has 1 aromatic heterocycles. The van der Waals surface area contributed by atoms with Crippen LogP contribution in [-0.4, -0.2) is 17.6 Å². The highest BCUT2D eigenvalue weighted by atomic mass is 35.5. The van der Waals surface area contributed by atoms with Gasteiger partial charge in [0.15, 0.2) is 0 Å². The third kappa shape index (κ3) is 3.26. The van der Waals surface area contributed by atoms with Crippen molar-refractivity contribution in [1.82, 2.24) is 4.98 Å². The van der Waals surface area contributed by atoms with Crippen LogP contribution in [0.3, 0.4) is 0 Å². The van der Waals surface area contributed by atoms with Gasteiger partial charge >= 0.3 is 5.97 Å². The Labute approximate surface area is 107 Å². The molecule has 7 heteroatoms. The predicted octanol–water partition coefficient (Wildman–Crippen LogP) is 3.59. The van der Waals surface area contributed by atoms with Crippen LogP contribution >= 0.6 is 23.2 Å². The van der Waals surface area contributed by atoms with Gasteiger partial charge in [0.1, 0.15) is 11.3 Å². The Morgan fingerprint density at radius 2 is 2.24 bits per heavy atom. The molecule has 1 heterocycles. The van der Waals surface area contributed by atoms with Gasteiger partial charge in [0, 0.05) is 0 Å². The van der Waals surface area contributed by atoms with Crippen molar-refractivity contribution in [1.29, 1.82) is 0 Å². The summed E-state index contributed by atoms with van der Waals surface area (Å²) in [5.74, 6) is -0.982. The number of esters is 1. The van der Waals surface area contributed by atoms with Crippen LogP contribution in [0.15, 0.2) is 6.07 Å². The minimum atomic E-state index is -2.92. The van der Waals surface area contributed by atoms with Crippen molar-refractivity contribution < 1.29 is 18.3 Å². The van der Waals surface area contributed by atoms with E-state index in [1.54, 1.807) is 6.92 Å². The summed E-state index contributed by atoms with van der Waals surface area (Å²) in [7, 11) is 0. The number of carbonyl (C=O) groups is 1. The highest BCUT2D eigenvalue weighted by Crippen LogP contribution is 2.28. The molecule has 0 amide bonds. The summed E-state index contributed by atoms with van der Waals surface area (Å²) >= 11 is 11.2. The number of ether oxygens (including phenoxy) is 1. The third-order valence-electron chi connectivity index (χ3n) is 1.88. The molecule has 1 rings (SSSR count). The zero-order chi connectivity index (χ0) is 13.0. The lowest BCUT2D eigenvalue weighted by Crippen LogP contribution is -2.12. The van der Waals surface area contributed by atoms with Gasteiger partial charge in [-0.25, -0.2) is 18.6 Å². The number of alkyl halides is 3. The molecule has 0 saturated carbocycles. The molecule has 0 atom stereocenters. The van der Waals surface area contributed by atoms with Crippen molar-refractivity contribution >= 4 is 29.2 Å². The number of pyridine rings is 1. The molecule has 1 aromatic rings. The zero-order valence-corrected chi connectivity index (χ0v) is 10.4. The zero-order valence-electron chi connectivity index (χ0n) is 8.84. The lowest BCUT2D eigenvalue weighted by molar-refractivity contribution is 0.0513. The molecule has 0 unspecified atom stereocenters. The van der Waals surface area contributed by atoms with Gasteiger partial charge in [0.25, 0.3) is 6.43 Å². The first-order chi connectivity index (χ1) is 8.01. The molecular weight excluding hydrogens is 275 g/mol. The van der Waals surface area contributed by atoms with E-state index >= 15 is 0 Å². The molecule has 0 saturated heterocycles. The standard InChI is InChI=1S/C10H9Cl2F2NO2/c1-2-17-10(16)7-6(12)3-5(4-11)15-8(7)9(13)14/h3,9H,2,4H2,1H3. The van der Waals surface area contributed by atoms with E-state index in [1.165, 1.54) is 6.07 Å². The molecule has 0 aromatic carbocycles. The lowest BCUT2D eigenvalue weighted by Gasteiger charge is -2.10. The highest BCUT2D eigenvalue weighted by Gasteiger charge is 2.25. The van der Waals surface area contributed by atoms with Gasteiger partial charge in [-0.3, -0.25) is 0 Å². The topological polar surface area (TPSA) is 39.2 Å². The quantitative estimate of drug-likeness (QED) is 0.626. The van der Waals surface area contributed by atoms with Gasteiger partial charge in [-0.2, -0.15) is 0 Å². The first-order valence-electron chi connectivity index (χ1n) is 4.71. The van der Waals surface area contributed by atoms with Gasteiger partial charge in [-0.15, -0.1) is 11.6 Å². The van der Waals surface area contributed by atoms with Gasteiger partial charge in [-0.05, 0) is 13.0 Å². The molecule has 0 N–H and O–H groups in total. The maximum Gasteiger partial charge on any atom is 0.341 e. The maximum absolute atomic E-state index is 12.8. The molecule has 17 heavy (non-hydrogen) atoms. The summed E-state index contributed by atoms with van der Waals surface area (Å²) < 4.78 is 30.1. The molecule has 0 aliphatic carbocycles. The van der Waals surface area contributed by atoms with Crippen LogP contribution in [0.5, 0.6) is 0 Å². The Kier molecular flexibility index (Phi) is 5.08. The predicted molar refractivity (Wildman–Crippen MR) is 59.7 cm³/mol. The Bertz CT molecular complexity index is 427. The summed E-state index contributed by atoms with van der Waals surface area (Å²) in [6.45, 7) is 1.63. The summed E-state index contributed by atoms with van der Waals surface area (Å²) in [6, 6.07) is 1.27. The average molecular weight is 284 g/mol. The Hall–Kier alpha value is -0.940. The number of hydrogen-bond acceptors (Lipinski definition) is 3. The van der Waals surface area contributed by atoms with Gasteiger partial charge in [-0.1, -0.05) is 11.6 Å². The fourth-order valence-electron chi connectivity index (χ4n) is 1.22. The number of rotatable bonds is 4. The average Bonchev–Trinajstić information content (AvgIpc) is 2.27. The second kappa shape index (κ2) is 6.12. The van der Waals surface area contributed by atoms with Crippen molar-refractivity contribution in [3.05, 3.63) is 28.0 Å². The van der Waals surface area contributed by atoms with E-state index in [-0.39, 0.29) is 23.2 Å². The third-order valence-corrected chi connectivity index (χ3v) is 2.45. The summed E-state index contributed by atoms with van der Waals surface area (Å²) in [5, 5.41) is -0.135. The monoisotopic (exact) mass is 283 g/mol. The Balaban J connectivity index is 3.31. The van der Waals surface area contributed by atoms with Crippen molar-refractivity contribution in [2.24, 2.45) is 0 Å². The minimum Gasteiger partial charge on any atom is -0.462 e. The van der Waals surface area contributed by atoms with Gasteiger partial charge < -0.3 is 4.74 Å². The molecule has 0 fully saturated rings. The molecule has 3 nitrogen and oxygen atoms in total. The largest absolute Gasteiger partial charge is 0.462 e. The fraction of sp³-hybridized carbons (Fsp3) is 0.400. The van der Waals surface area contributed by atoms with Gasteiger partial charge in [0.05, 0.1) is 23.2 Å². The normalized spacial score (nSPS) is 10.7. The van der Waals surface area contributed by atoms with Crippen LogP contribution in [0.1, 0.15) is 35.1 Å². The van der Waals surface area contributed by atoms with Crippen LogP contribution in [-0.2, 0) is 10.6 Å². The van der Waals surface area contributed by atoms with E-state index in [0.29, 0.717) is 0 Å². The molecule has 0 bridgehead atoms. The number of carbonyl (C=O) groups excluding carboxylic acids is 1. The highest BCUT2D eigenvalue weighted by molar-refractivity contribution is 6.33. The van der Waals surface area contributed by atoms with E-state index in [4.69, 9.17) is 23.2 Å². The van der Waals surface area contributed by atoms with Crippen LogP contribution in [0.25, 0.3) is 0 Å². The molecular formula is C10H9Cl2F2NO2. The van der Waals surface area contributed by atoms with Crippen LogP contribution < -0.4 is 0 Å². The fourth-order valence-corrected chi connectivity index (χ4v) is 1.65. The lowest BCUT2D eigenvalue weighted by atomic mass is 10.1. The second-order valence-electron chi connectivity index (χ2n) is 3.01. The molecule has 0 spiro atoms. The van der Waals surface area contributed by atoms with Crippen molar-refractivity contribution in [2.45, 2.75) is 19.2 Å². The van der Waals surface area contributed by atoms with E-state index in [0.717, 1.165) is 0 Å². The molecule has 0 aliphatic rings. The van der Waals surface area contributed by atoms with Crippen LogP contribution in [0.4, 0.5) is 8.78 Å². The van der Waals surface area contributed by atoms with Gasteiger partial charge in [0.2, 0.25) is 0 Å². The molecule has 94 valence electrons. The van der Waals surface area contributed by atoms with E-state index < -0.39 is 23.7 Å². The molecule has 0 radical (unpaired) electrons. The first kappa shape index (κ1) is 14.1. The summed E-state index contributed by atoms with van der Waals surface area (Å²) in [4.78, 5) is 15.1. The first-order valence-corrected chi connectivity index (χ1v) is 5.63. The summed E-state index contributed by atoms with van der Waals surface area (Å²) in [5.41, 5.74) is -0.927. The molecule has 0 aliphatic heterocycles. The number of aromatic nitrogens is 1. The Morgan fingerprint density at radius 3 is 2.71 bits per heavy atom. The number of halogens is 4. The smallest absolute Gasteiger partial charge is 0.341 e. The van der Waals surface area contributed by atoms with E-state index in [9.17, 15) is 13.6 Å². The second-order valence-corrected chi connectivity index (χ2v) is 3.68. The minimum absolute atomic E-state index is 0.0646. The van der Waals surface area contributed by atoms with E-state index in [2.05, 4.69) is 9.72 Å². The SMILES string of the molecule is CCOC(=O)c1c(Cl)cc(CCl)nc1C(F)F.